The molecule has 41 heavy (non-hydrogen) atoms. The Morgan fingerprint density at radius 3 is 1.76 bits per heavy atom. The van der Waals surface area contributed by atoms with Crippen LogP contribution in [0.4, 0.5) is 0 Å². The highest BCUT2D eigenvalue weighted by Crippen LogP contribution is 2.25. The molecule has 2 aromatic carbocycles. The molecule has 0 aliphatic carbocycles. The molecule has 1 heterocycles. The molecule has 228 valence electrons. The van der Waals surface area contributed by atoms with Gasteiger partial charge in [-0.1, -0.05) is 115 Å². The summed E-state index contributed by atoms with van der Waals surface area (Å²) in [6.45, 7) is 2.33. The molecule has 0 saturated heterocycles. The normalized spacial score (nSPS) is 12.4. The lowest BCUT2D eigenvalue weighted by Crippen LogP contribution is -2.10. The van der Waals surface area contributed by atoms with E-state index in [4.69, 9.17) is 4.98 Å². The summed E-state index contributed by atoms with van der Waals surface area (Å²) >= 11 is 0. The van der Waals surface area contributed by atoms with Crippen LogP contribution in [-0.4, -0.2) is 35.5 Å². The molecule has 8 nitrogen and oxygen atoms in total. The number of hydrogen-bond donors (Lipinski definition) is 2. The molecular formula is C31H46N2O6S2. The van der Waals surface area contributed by atoms with E-state index in [1.807, 2.05) is 0 Å². The Bertz CT molecular complexity index is 1450. The Hall–Kier alpha value is -2.27. The maximum absolute atomic E-state index is 12.0. The molecule has 0 aliphatic heterocycles. The minimum Gasteiger partial charge on any atom is -0.323 e. The molecule has 0 aliphatic rings. The summed E-state index contributed by atoms with van der Waals surface area (Å²) in [7, 11) is -8.87. The minimum absolute atomic E-state index is 0.0788. The van der Waals surface area contributed by atoms with Crippen LogP contribution in [0.3, 0.4) is 0 Å². The van der Waals surface area contributed by atoms with Crippen LogP contribution in [0.25, 0.3) is 11.0 Å². The first-order chi connectivity index (χ1) is 19.6. The maximum Gasteiger partial charge on any atom is 0.294 e. The van der Waals surface area contributed by atoms with Crippen molar-refractivity contribution in [2.24, 2.45) is 0 Å². The summed E-state index contributed by atoms with van der Waals surface area (Å²) < 4.78 is 68.6. The number of aromatic nitrogens is 2. The third kappa shape index (κ3) is 10.8. The zero-order valence-corrected chi connectivity index (χ0v) is 25.9. The lowest BCUT2D eigenvalue weighted by molar-refractivity contribution is 0.480. The second-order valence-electron chi connectivity index (χ2n) is 11.0. The van der Waals surface area contributed by atoms with Gasteiger partial charge >= 0.3 is 0 Å². The van der Waals surface area contributed by atoms with Crippen molar-refractivity contribution in [3.8, 4) is 0 Å². The lowest BCUT2D eigenvalue weighted by atomic mass is 10.0. The summed E-state index contributed by atoms with van der Waals surface area (Å²) in [6, 6.07) is 10.4. The van der Waals surface area contributed by atoms with Gasteiger partial charge in [0.1, 0.15) is 5.82 Å². The van der Waals surface area contributed by atoms with Gasteiger partial charge in [0, 0.05) is 6.42 Å². The molecule has 3 aromatic rings. The zero-order valence-electron chi connectivity index (χ0n) is 24.3. The molecule has 0 saturated carbocycles. The molecule has 0 unspecified atom stereocenters. The molecule has 10 heteroatoms. The van der Waals surface area contributed by atoms with Crippen LogP contribution >= 0.6 is 0 Å². The van der Waals surface area contributed by atoms with Gasteiger partial charge in [0.25, 0.3) is 20.2 Å². The summed E-state index contributed by atoms with van der Waals surface area (Å²) in [5, 5.41) is 0. The average molecular weight is 607 g/mol. The van der Waals surface area contributed by atoms with E-state index >= 15 is 0 Å². The van der Waals surface area contributed by atoms with E-state index in [1.54, 1.807) is 22.8 Å². The Labute approximate surface area is 246 Å². The second-order valence-corrected chi connectivity index (χ2v) is 13.8. The van der Waals surface area contributed by atoms with Crippen LogP contribution in [0.2, 0.25) is 0 Å². The number of fused-ring (bicyclic) bond motifs is 1. The van der Waals surface area contributed by atoms with Crippen molar-refractivity contribution in [3.05, 3.63) is 53.9 Å². The second kappa shape index (κ2) is 16.4. The van der Waals surface area contributed by atoms with Crippen molar-refractivity contribution >= 4 is 31.3 Å². The fraction of sp³-hybridized carbons (Fsp3) is 0.581. The average Bonchev–Trinajstić information content (AvgIpc) is 3.26. The van der Waals surface area contributed by atoms with Crippen LogP contribution in [0.5, 0.6) is 0 Å². The Morgan fingerprint density at radius 1 is 0.683 bits per heavy atom. The van der Waals surface area contributed by atoms with Gasteiger partial charge in [-0.15, -0.1) is 0 Å². The van der Waals surface area contributed by atoms with E-state index in [1.165, 1.54) is 101 Å². The topological polar surface area (TPSA) is 127 Å². The van der Waals surface area contributed by atoms with E-state index in [9.17, 15) is 25.9 Å². The van der Waals surface area contributed by atoms with Gasteiger partial charge in [-0.25, -0.2) is 4.98 Å². The predicted molar refractivity (Wildman–Crippen MR) is 164 cm³/mol. The van der Waals surface area contributed by atoms with Gasteiger partial charge in [0.05, 0.1) is 27.4 Å². The number of rotatable bonds is 20. The molecule has 0 bridgehead atoms. The molecule has 1 aromatic heterocycles. The standard InChI is InChI=1S/C31H46N2O6S2/c1-2-3-4-5-6-7-8-9-10-11-12-13-14-15-16-21-31-32-28-23-22-27(40(34,35)36)24-29(28)33(31)25-26-19-17-18-20-30(26)41(37,38)39/h17-20,22-24H,2-16,21,25H2,1H3,(H,34,35,36)(H,37,38,39). The first-order valence-electron chi connectivity index (χ1n) is 15.1. The highest BCUT2D eigenvalue weighted by atomic mass is 32.2. The fourth-order valence-corrected chi connectivity index (χ4v) is 6.61. The zero-order chi connectivity index (χ0) is 29.7. The predicted octanol–water partition coefficient (Wildman–Crippen LogP) is 7.99. The Morgan fingerprint density at radius 2 is 1.22 bits per heavy atom. The molecule has 0 fully saturated rings. The van der Waals surface area contributed by atoms with Crippen molar-refractivity contribution in [2.45, 2.75) is 126 Å². The van der Waals surface area contributed by atoms with Crippen LogP contribution in [0.15, 0.2) is 52.3 Å². The molecule has 2 N–H and O–H groups in total. The van der Waals surface area contributed by atoms with Gasteiger partial charge < -0.3 is 4.57 Å². The van der Waals surface area contributed by atoms with Gasteiger partial charge in [-0.3, -0.25) is 9.11 Å². The van der Waals surface area contributed by atoms with Crippen molar-refractivity contribution < 1.29 is 25.9 Å². The molecule has 3 rings (SSSR count). The number of unbranched alkanes of at least 4 members (excludes halogenated alkanes) is 14. The molecule has 0 amide bonds. The van der Waals surface area contributed by atoms with E-state index in [2.05, 4.69) is 6.92 Å². The van der Waals surface area contributed by atoms with Crippen LogP contribution in [0.1, 0.15) is 115 Å². The van der Waals surface area contributed by atoms with Crippen molar-refractivity contribution in [1.29, 1.82) is 0 Å². The van der Waals surface area contributed by atoms with Crippen molar-refractivity contribution in [1.82, 2.24) is 9.55 Å². The molecule has 0 atom stereocenters. The van der Waals surface area contributed by atoms with Gasteiger partial charge in [0.2, 0.25) is 0 Å². The van der Waals surface area contributed by atoms with E-state index in [0.717, 1.165) is 19.3 Å². The highest BCUT2D eigenvalue weighted by molar-refractivity contribution is 7.86. The summed E-state index contributed by atoms with van der Waals surface area (Å²) in [4.78, 5) is 4.24. The van der Waals surface area contributed by atoms with Crippen molar-refractivity contribution in [3.63, 3.8) is 0 Å². The highest BCUT2D eigenvalue weighted by Gasteiger charge is 2.19. The third-order valence-electron chi connectivity index (χ3n) is 7.68. The number of hydrogen-bond acceptors (Lipinski definition) is 5. The largest absolute Gasteiger partial charge is 0.323 e. The minimum atomic E-state index is -4.45. The lowest BCUT2D eigenvalue weighted by Gasteiger charge is -2.12. The van der Waals surface area contributed by atoms with Crippen LogP contribution < -0.4 is 0 Å². The number of aryl methyl sites for hydroxylation is 1. The van der Waals surface area contributed by atoms with Gasteiger partial charge in [-0.05, 0) is 36.2 Å². The summed E-state index contributed by atoms with van der Waals surface area (Å²) in [6.07, 6.45) is 19.6. The molecule has 0 radical (unpaired) electrons. The van der Waals surface area contributed by atoms with E-state index in [-0.39, 0.29) is 16.3 Å². The summed E-state index contributed by atoms with van der Waals surface area (Å²) in [5.74, 6) is 0.701. The number of benzene rings is 2. The Kier molecular flexibility index (Phi) is 13.3. The number of nitrogens with zero attached hydrogens (tertiary/aromatic N) is 2. The first-order valence-corrected chi connectivity index (χ1v) is 18.0. The van der Waals surface area contributed by atoms with Crippen LogP contribution in [-0.2, 0) is 33.2 Å². The van der Waals surface area contributed by atoms with Gasteiger partial charge in [-0.2, -0.15) is 16.8 Å². The van der Waals surface area contributed by atoms with E-state index in [0.29, 0.717) is 28.8 Å². The van der Waals surface area contributed by atoms with E-state index < -0.39 is 20.2 Å². The smallest absolute Gasteiger partial charge is 0.294 e. The van der Waals surface area contributed by atoms with Crippen LogP contribution in [0, 0.1) is 0 Å². The Balaban J connectivity index is 1.54. The summed E-state index contributed by atoms with van der Waals surface area (Å²) in [5.41, 5.74) is 1.39. The maximum atomic E-state index is 12.0. The SMILES string of the molecule is CCCCCCCCCCCCCCCCCc1nc2ccc(S(=O)(=O)O)cc2n1Cc1ccccc1S(=O)(=O)O. The van der Waals surface area contributed by atoms with Crippen molar-refractivity contribution in [2.75, 3.05) is 0 Å². The quantitative estimate of drug-likeness (QED) is 0.0985. The number of imidazole rings is 1. The first kappa shape index (κ1) is 33.2. The third-order valence-corrected chi connectivity index (χ3v) is 9.48. The fourth-order valence-electron chi connectivity index (χ4n) is 5.39. The molecule has 0 spiro atoms. The van der Waals surface area contributed by atoms with Gasteiger partial charge in [0.15, 0.2) is 0 Å². The molecular weight excluding hydrogens is 560 g/mol. The monoisotopic (exact) mass is 606 g/mol.